The van der Waals surface area contributed by atoms with Gasteiger partial charge in [-0.2, -0.15) is 0 Å². The molecule has 2 N–H and O–H groups in total. The van der Waals surface area contributed by atoms with E-state index < -0.39 is 0 Å². The first-order valence-electron chi connectivity index (χ1n) is 13.9. The summed E-state index contributed by atoms with van der Waals surface area (Å²) in [6.45, 7) is 12.6. The first-order valence-corrected chi connectivity index (χ1v) is 14.3. The normalized spacial score (nSPS) is 16.8. The second-order valence-corrected chi connectivity index (χ2v) is 10.9. The third-order valence-electron chi connectivity index (χ3n) is 7.90. The Labute approximate surface area is 242 Å². The minimum Gasteiger partial charge on any atom is -0.351 e. The van der Waals surface area contributed by atoms with E-state index in [1.807, 2.05) is 44.3 Å². The van der Waals surface area contributed by atoms with Crippen LogP contribution in [0.1, 0.15) is 71.7 Å². The van der Waals surface area contributed by atoms with E-state index in [2.05, 4.69) is 84.2 Å². The van der Waals surface area contributed by atoms with Gasteiger partial charge in [0, 0.05) is 35.4 Å². The number of carbonyl (C=O) groups is 1. The number of amides is 1. The molecule has 5 rings (SSSR count). The number of anilines is 2. The average molecular weight is 552 g/mol. The monoisotopic (exact) mass is 551 g/mol. The number of aromatic nitrogens is 2. The molecule has 1 aliphatic heterocycles. The Morgan fingerprint density at radius 3 is 2.48 bits per heavy atom. The number of aryl methyl sites for hydroxylation is 4. The first kappa shape index (κ1) is 27.6. The second kappa shape index (κ2) is 11.3. The maximum Gasteiger partial charge on any atom is 0.224 e. The molecule has 6 nitrogen and oxygen atoms in total. The Kier molecular flexibility index (Phi) is 7.76. The number of rotatable bonds is 7. The van der Waals surface area contributed by atoms with Crippen molar-refractivity contribution in [2.75, 3.05) is 10.2 Å². The van der Waals surface area contributed by atoms with Gasteiger partial charge < -0.3 is 20.1 Å². The highest BCUT2D eigenvalue weighted by molar-refractivity contribution is 7.80. The Hall–Kier alpha value is -3.97. The molecule has 2 aromatic heterocycles. The van der Waals surface area contributed by atoms with Crippen LogP contribution in [0.4, 0.5) is 11.4 Å². The molecule has 0 saturated carbocycles. The van der Waals surface area contributed by atoms with E-state index in [9.17, 15) is 4.79 Å². The maximum atomic E-state index is 12.1. The van der Waals surface area contributed by atoms with Crippen molar-refractivity contribution in [2.45, 2.75) is 66.5 Å². The zero-order valence-electron chi connectivity index (χ0n) is 24.1. The van der Waals surface area contributed by atoms with Crippen molar-refractivity contribution in [3.63, 3.8) is 0 Å². The average Bonchev–Trinajstić information content (AvgIpc) is 3.44. The standard InChI is InChI=1S/C33H37N5OS/c1-7-24-13-11-12-20(3)31(24)37-22(5)19-26(23(37)6)32-30(28-14-9-10-17-34-28)36-33(40)38(32)25-15-16-27(21(4)18-25)35-29(39)8-2/h9-19,30,32H,7-8H2,1-6H3,(H,35,39)(H,36,40)/t30-,32-/m0/s1. The summed E-state index contributed by atoms with van der Waals surface area (Å²) < 4.78 is 2.40. The highest BCUT2D eigenvalue weighted by Crippen LogP contribution is 2.44. The van der Waals surface area contributed by atoms with Crippen LogP contribution in [0.2, 0.25) is 0 Å². The third-order valence-corrected chi connectivity index (χ3v) is 8.21. The van der Waals surface area contributed by atoms with Gasteiger partial charge in [-0.1, -0.05) is 38.1 Å². The van der Waals surface area contributed by atoms with Gasteiger partial charge in [0.05, 0.1) is 23.5 Å². The lowest BCUT2D eigenvalue weighted by atomic mass is 9.96. The van der Waals surface area contributed by atoms with Crippen LogP contribution in [0.15, 0.2) is 66.9 Å². The fourth-order valence-electron chi connectivity index (χ4n) is 5.88. The Balaban J connectivity index is 1.67. The summed E-state index contributed by atoms with van der Waals surface area (Å²) in [6, 6.07) is 20.7. The summed E-state index contributed by atoms with van der Waals surface area (Å²) in [7, 11) is 0. The van der Waals surface area contributed by atoms with Crippen molar-refractivity contribution in [2.24, 2.45) is 0 Å². The zero-order valence-corrected chi connectivity index (χ0v) is 24.9. The molecule has 40 heavy (non-hydrogen) atoms. The molecule has 206 valence electrons. The van der Waals surface area contributed by atoms with Gasteiger partial charge in [-0.15, -0.1) is 0 Å². The van der Waals surface area contributed by atoms with Crippen molar-refractivity contribution < 1.29 is 4.79 Å². The molecule has 1 amide bonds. The smallest absolute Gasteiger partial charge is 0.224 e. The SMILES string of the molecule is CCC(=O)Nc1ccc(N2C(=S)N[C@@H](c3ccccn3)[C@@H]2c2cc(C)n(-c3c(C)cccc3CC)c2C)cc1C. The molecule has 0 bridgehead atoms. The number of nitrogens with zero attached hydrogens (tertiary/aromatic N) is 3. The molecule has 1 saturated heterocycles. The number of carbonyl (C=O) groups excluding carboxylic acids is 1. The van der Waals surface area contributed by atoms with Crippen LogP contribution in [0.5, 0.6) is 0 Å². The quantitative estimate of drug-likeness (QED) is 0.238. The van der Waals surface area contributed by atoms with E-state index in [0.29, 0.717) is 11.5 Å². The van der Waals surface area contributed by atoms with E-state index in [4.69, 9.17) is 17.2 Å². The number of para-hydroxylation sites is 1. The van der Waals surface area contributed by atoms with Crippen molar-refractivity contribution >= 4 is 34.6 Å². The molecule has 3 heterocycles. The largest absolute Gasteiger partial charge is 0.351 e. The predicted octanol–water partition coefficient (Wildman–Crippen LogP) is 7.19. The van der Waals surface area contributed by atoms with Crippen LogP contribution < -0.4 is 15.5 Å². The number of nitrogens with one attached hydrogen (secondary N) is 2. The van der Waals surface area contributed by atoms with E-state index in [0.717, 1.165) is 29.1 Å². The Morgan fingerprint density at radius 1 is 1.00 bits per heavy atom. The first-order chi connectivity index (χ1) is 19.2. The van der Waals surface area contributed by atoms with Gasteiger partial charge in [0.1, 0.15) is 0 Å². The fraction of sp³-hybridized carbons (Fsp3) is 0.303. The summed E-state index contributed by atoms with van der Waals surface area (Å²) in [5.74, 6) is -0.00241. The molecule has 0 unspecified atom stereocenters. The van der Waals surface area contributed by atoms with Gasteiger partial charge in [0.25, 0.3) is 0 Å². The van der Waals surface area contributed by atoms with Gasteiger partial charge in [-0.25, -0.2) is 0 Å². The summed E-state index contributed by atoms with van der Waals surface area (Å²) in [5, 5.41) is 7.24. The second-order valence-electron chi connectivity index (χ2n) is 10.5. The Bertz CT molecular complexity index is 1580. The molecule has 0 radical (unpaired) electrons. The van der Waals surface area contributed by atoms with Crippen LogP contribution in [0.3, 0.4) is 0 Å². The highest BCUT2D eigenvalue weighted by Gasteiger charge is 2.42. The summed E-state index contributed by atoms with van der Waals surface area (Å²) in [5.41, 5.74) is 11.1. The van der Waals surface area contributed by atoms with Crippen molar-refractivity contribution in [1.82, 2.24) is 14.9 Å². The van der Waals surface area contributed by atoms with E-state index in [-0.39, 0.29) is 18.0 Å². The van der Waals surface area contributed by atoms with Gasteiger partial charge in [0.2, 0.25) is 5.91 Å². The van der Waals surface area contributed by atoms with Gasteiger partial charge in [-0.3, -0.25) is 9.78 Å². The number of hydrogen-bond acceptors (Lipinski definition) is 3. The van der Waals surface area contributed by atoms with Crippen molar-refractivity contribution in [3.8, 4) is 5.69 Å². The maximum absolute atomic E-state index is 12.1. The lowest BCUT2D eigenvalue weighted by Gasteiger charge is -2.29. The lowest BCUT2D eigenvalue weighted by molar-refractivity contribution is -0.115. The number of pyridine rings is 1. The van der Waals surface area contributed by atoms with Crippen molar-refractivity contribution in [3.05, 3.63) is 106 Å². The minimum atomic E-state index is -0.134. The summed E-state index contributed by atoms with van der Waals surface area (Å²) in [6.07, 6.45) is 3.23. The molecule has 0 aliphatic carbocycles. The summed E-state index contributed by atoms with van der Waals surface area (Å²) in [4.78, 5) is 19.0. The van der Waals surface area contributed by atoms with E-state index in [1.165, 1.54) is 33.8 Å². The third kappa shape index (κ3) is 4.90. The molecule has 7 heteroatoms. The highest BCUT2D eigenvalue weighted by atomic mass is 32.1. The minimum absolute atomic E-state index is 0.00241. The van der Waals surface area contributed by atoms with Gasteiger partial charge >= 0.3 is 0 Å². The molecule has 2 aromatic carbocycles. The van der Waals surface area contributed by atoms with Crippen LogP contribution >= 0.6 is 12.2 Å². The van der Waals surface area contributed by atoms with Gasteiger partial charge in [-0.05, 0) is 105 Å². The molecule has 2 atom stereocenters. The lowest BCUT2D eigenvalue weighted by Crippen LogP contribution is -2.29. The molecule has 1 aliphatic rings. The van der Waals surface area contributed by atoms with E-state index in [1.54, 1.807) is 0 Å². The van der Waals surface area contributed by atoms with Crippen LogP contribution in [-0.2, 0) is 11.2 Å². The topological polar surface area (TPSA) is 62.2 Å². The molecular formula is C33H37N5OS. The van der Waals surface area contributed by atoms with Crippen LogP contribution in [-0.4, -0.2) is 20.6 Å². The molecule has 4 aromatic rings. The zero-order chi connectivity index (χ0) is 28.6. The Morgan fingerprint density at radius 2 is 1.80 bits per heavy atom. The molecule has 0 spiro atoms. The predicted molar refractivity (Wildman–Crippen MR) is 167 cm³/mol. The molecular weight excluding hydrogens is 514 g/mol. The fourth-order valence-corrected chi connectivity index (χ4v) is 6.23. The number of benzene rings is 2. The van der Waals surface area contributed by atoms with E-state index >= 15 is 0 Å². The van der Waals surface area contributed by atoms with Crippen molar-refractivity contribution in [1.29, 1.82) is 0 Å². The van der Waals surface area contributed by atoms with Gasteiger partial charge in [0.15, 0.2) is 5.11 Å². The number of thiocarbonyl (C=S) groups is 1. The molecule has 1 fully saturated rings. The number of hydrogen-bond donors (Lipinski definition) is 2. The summed E-state index contributed by atoms with van der Waals surface area (Å²) >= 11 is 5.99. The van der Waals surface area contributed by atoms with Crippen LogP contribution in [0, 0.1) is 27.7 Å². The van der Waals surface area contributed by atoms with Crippen LogP contribution in [0.25, 0.3) is 5.69 Å².